The molecule has 1 aromatic heterocycles. The zero-order chi connectivity index (χ0) is 21.6. The van der Waals surface area contributed by atoms with Crippen LogP contribution in [0.2, 0.25) is 0 Å². The lowest BCUT2D eigenvalue weighted by Gasteiger charge is -2.39. The molecule has 0 saturated carbocycles. The first-order valence-electron chi connectivity index (χ1n) is 10.7. The minimum absolute atomic E-state index is 0.0799. The van der Waals surface area contributed by atoms with E-state index in [9.17, 15) is 19.1 Å². The SMILES string of the molecule is O=C(c1cc(O)ccc1F)N1CCC2(CCc3c2nc(N2CCOCC2)[nH]c3=O)CC1. The molecule has 5 rings (SSSR count). The summed E-state index contributed by atoms with van der Waals surface area (Å²) in [5.74, 6) is -0.609. The van der Waals surface area contributed by atoms with E-state index in [0.29, 0.717) is 64.6 Å². The van der Waals surface area contributed by atoms with E-state index in [1.54, 1.807) is 4.90 Å². The highest BCUT2D eigenvalue weighted by molar-refractivity contribution is 5.95. The number of H-pyrrole nitrogens is 1. The van der Waals surface area contributed by atoms with Crippen molar-refractivity contribution < 1.29 is 19.0 Å². The molecule has 2 fully saturated rings. The quantitative estimate of drug-likeness (QED) is 0.754. The van der Waals surface area contributed by atoms with Crippen molar-refractivity contribution in [3.63, 3.8) is 0 Å². The van der Waals surface area contributed by atoms with E-state index in [4.69, 9.17) is 9.72 Å². The van der Waals surface area contributed by atoms with Gasteiger partial charge in [0.15, 0.2) is 0 Å². The summed E-state index contributed by atoms with van der Waals surface area (Å²) in [7, 11) is 0. The van der Waals surface area contributed by atoms with Crippen molar-refractivity contribution in [3.05, 3.63) is 51.2 Å². The fourth-order valence-corrected chi connectivity index (χ4v) is 5.04. The predicted octanol–water partition coefficient (Wildman–Crippen LogP) is 1.57. The Kier molecular flexibility index (Phi) is 4.92. The Morgan fingerprint density at radius 3 is 2.65 bits per heavy atom. The van der Waals surface area contributed by atoms with Crippen LogP contribution in [-0.2, 0) is 16.6 Å². The summed E-state index contributed by atoms with van der Waals surface area (Å²) in [4.78, 5) is 37.1. The number of carbonyl (C=O) groups excluding carboxylic acids is 1. The second-order valence-electron chi connectivity index (χ2n) is 8.55. The zero-order valence-electron chi connectivity index (χ0n) is 17.2. The molecule has 164 valence electrons. The van der Waals surface area contributed by atoms with Crippen molar-refractivity contribution in [2.24, 2.45) is 0 Å². The number of anilines is 1. The van der Waals surface area contributed by atoms with Crippen LogP contribution in [-0.4, -0.2) is 65.3 Å². The van der Waals surface area contributed by atoms with Crippen molar-refractivity contribution >= 4 is 11.9 Å². The summed E-state index contributed by atoms with van der Waals surface area (Å²) in [6, 6.07) is 3.50. The van der Waals surface area contributed by atoms with Gasteiger partial charge in [-0.1, -0.05) is 0 Å². The number of hydrogen-bond donors (Lipinski definition) is 2. The smallest absolute Gasteiger partial charge is 0.256 e. The summed E-state index contributed by atoms with van der Waals surface area (Å²) in [6.45, 7) is 3.49. The summed E-state index contributed by atoms with van der Waals surface area (Å²) in [5, 5.41) is 9.63. The number of aromatic nitrogens is 2. The van der Waals surface area contributed by atoms with Gasteiger partial charge in [-0.05, 0) is 43.9 Å². The molecule has 0 radical (unpaired) electrons. The van der Waals surface area contributed by atoms with Crippen molar-refractivity contribution in [1.82, 2.24) is 14.9 Å². The molecule has 0 bridgehead atoms. The Labute approximate surface area is 178 Å². The Morgan fingerprint density at radius 2 is 1.90 bits per heavy atom. The van der Waals surface area contributed by atoms with Gasteiger partial charge in [0.2, 0.25) is 5.95 Å². The lowest BCUT2D eigenvalue weighted by molar-refractivity contribution is 0.0658. The number of morpholine rings is 1. The predicted molar refractivity (Wildman–Crippen MR) is 111 cm³/mol. The summed E-state index contributed by atoms with van der Waals surface area (Å²) in [5.41, 5.74) is 1.17. The number of benzene rings is 1. The molecule has 1 spiro atoms. The maximum Gasteiger partial charge on any atom is 0.256 e. The Bertz CT molecular complexity index is 1070. The first kappa shape index (κ1) is 20.0. The average Bonchev–Trinajstić information content (AvgIpc) is 3.14. The number of carbonyl (C=O) groups is 1. The van der Waals surface area contributed by atoms with E-state index in [2.05, 4.69) is 4.98 Å². The number of rotatable bonds is 2. The highest BCUT2D eigenvalue weighted by Gasteiger charge is 2.45. The molecule has 3 aliphatic rings. The van der Waals surface area contributed by atoms with Gasteiger partial charge in [-0.15, -0.1) is 0 Å². The lowest BCUT2D eigenvalue weighted by atomic mass is 9.76. The molecule has 8 nitrogen and oxygen atoms in total. The van der Waals surface area contributed by atoms with Crippen LogP contribution >= 0.6 is 0 Å². The first-order chi connectivity index (χ1) is 15.0. The van der Waals surface area contributed by atoms with Crippen LogP contribution in [0.4, 0.5) is 10.3 Å². The van der Waals surface area contributed by atoms with Gasteiger partial charge >= 0.3 is 0 Å². The van der Waals surface area contributed by atoms with Crippen LogP contribution in [0, 0.1) is 5.82 Å². The number of amides is 1. The van der Waals surface area contributed by atoms with Gasteiger partial charge in [-0.2, -0.15) is 0 Å². The molecular formula is C22H25FN4O4. The van der Waals surface area contributed by atoms with Gasteiger partial charge in [0, 0.05) is 37.2 Å². The van der Waals surface area contributed by atoms with E-state index >= 15 is 0 Å². The number of phenols is 1. The highest BCUT2D eigenvalue weighted by Crippen LogP contribution is 2.44. The zero-order valence-corrected chi connectivity index (χ0v) is 17.2. The minimum atomic E-state index is -0.641. The maximum atomic E-state index is 14.1. The van der Waals surface area contributed by atoms with Crippen LogP contribution < -0.4 is 10.5 Å². The molecule has 1 aromatic carbocycles. The van der Waals surface area contributed by atoms with Gasteiger partial charge in [0.1, 0.15) is 11.6 Å². The van der Waals surface area contributed by atoms with Crippen LogP contribution in [0.15, 0.2) is 23.0 Å². The van der Waals surface area contributed by atoms with Gasteiger partial charge in [-0.3, -0.25) is 14.6 Å². The van der Waals surface area contributed by atoms with Crippen LogP contribution in [0.25, 0.3) is 0 Å². The van der Waals surface area contributed by atoms with Crippen molar-refractivity contribution in [3.8, 4) is 5.75 Å². The normalized spacial score (nSPS) is 20.2. The average molecular weight is 428 g/mol. The van der Waals surface area contributed by atoms with Gasteiger partial charge in [0.05, 0.1) is 24.5 Å². The van der Waals surface area contributed by atoms with Gasteiger partial charge in [0.25, 0.3) is 11.5 Å². The third kappa shape index (κ3) is 3.46. The fraction of sp³-hybridized carbons (Fsp3) is 0.500. The van der Waals surface area contributed by atoms with Gasteiger partial charge < -0.3 is 19.6 Å². The number of fused-ring (bicyclic) bond motifs is 2. The largest absolute Gasteiger partial charge is 0.508 e. The van der Waals surface area contributed by atoms with Crippen molar-refractivity contribution in [2.45, 2.75) is 31.1 Å². The summed E-state index contributed by atoms with van der Waals surface area (Å²) >= 11 is 0. The minimum Gasteiger partial charge on any atom is -0.508 e. The third-order valence-corrected chi connectivity index (χ3v) is 6.86. The molecule has 2 aromatic rings. The molecule has 3 heterocycles. The van der Waals surface area contributed by atoms with E-state index in [-0.39, 0.29) is 22.3 Å². The van der Waals surface area contributed by atoms with Crippen LogP contribution in [0.5, 0.6) is 5.75 Å². The third-order valence-electron chi connectivity index (χ3n) is 6.86. The van der Waals surface area contributed by atoms with E-state index in [0.717, 1.165) is 23.7 Å². The topological polar surface area (TPSA) is 98.8 Å². The standard InChI is InChI=1S/C22H25FN4O4/c23-17-2-1-14(28)13-16(17)20(30)26-7-5-22(6-8-26)4-3-15-18(22)24-21(25-19(15)29)27-9-11-31-12-10-27/h1-2,13,28H,3-12H2,(H,24,25,29). The Hall–Kier alpha value is -2.94. The molecule has 1 amide bonds. The van der Waals surface area contributed by atoms with Crippen molar-refractivity contribution in [1.29, 1.82) is 0 Å². The second kappa shape index (κ2) is 7.64. The molecule has 2 aliphatic heterocycles. The number of halogens is 1. The Balaban J connectivity index is 1.38. The maximum absolute atomic E-state index is 14.1. The van der Waals surface area contributed by atoms with Gasteiger partial charge in [-0.25, -0.2) is 9.37 Å². The Morgan fingerprint density at radius 1 is 1.16 bits per heavy atom. The molecule has 1 aliphatic carbocycles. The van der Waals surface area contributed by atoms with E-state index < -0.39 is 11.7 Å². The molecule has 9 heteroatoms. The molecule has 2 saturated heterocycles. The number of piperidine rings is 1. The lowest BCUT2D eigenvalue weighted by Crippen LogP contribution is -2.45. The summed E-state index contributed by atoms with van der Waals surface area (Å²) < 4.78 is 19.5. The molecular weight excluding hydrogens is 403 g/mol. The van der Waals surface area contributed by atoms with E-state index in [1.807, 2.05) is 4.90 Å². The second-order valence-corrected chi connectivity index (χ2v) is 8.55. The number of ether oxygens (including phenoxy) is 1. The van der Waals surface area contributed by atoms with E-state index in [1.165, 1.54) is 12.1 Å². The fourth-order valence-electron chi connectivity index (χ4n) is 5.04. The number of hydrogen-bond acceptors (Lipinski definition) is 6. The number of aromatic hydroxyl groups is 1. The van der Waals surface area contributed by atoms with Crippen molar-refractivity contribution in [2.75, 3.05) is 44.3 Å². The molecule has 2 N–H and O–H groups in total. The molecule has 31 heavy (non-hydrogen) atoms. The first-order valence-corrected chi connectivity index (χ1v) is 10.7. The number of nitrogens with one attached hydrogen (secondary N) is 1. The number of nitrogens with zero attached hydrogens (tertiary/aromatic N) is 3. The monoisotopic (exact) mass is 428 g/mol. The number of aromatic amines is 1. The molecule has 0 atom stereocenters. The number of phenolic OH excluding ortho intramolecular Hbond substituents is 1. The molecule has 0 unspecified atom stereocenters. The highest BCUT2D eigenvalue weighted by atomic mass is 19.1. The summed E-state index contributed by atoms with van der Waals surface area (Å²) in [6.07, 6.45) is 2.85. The van der Waals surface area contributed by atoms with Crippen LogP contribution in [0.3, 0.4) is 0 Å². The number of likely N-dealkylation sites (tertiary alicyclic amines) is 1. The van der Waals surface area contributed by atoms with Crippen LogP contribution in [0.1, 0.15) is 40.9 Å².